The van der Waals surface area contributed by atoms with E-state index in [1.807, 2.05) is 19.9 Å². The minimum atomic E-state index is -1.19. The standard InChI is InChI=1S/C22H26N2O4/c1-14(2)12-19(25)22(28)24-18(21(23)27)13-15-8-10-17(11-9-15)20(26)16-6-4-3-5-7-16/h3-11,14,18-19,25H,12-13H2,1-2H3,(H2,23,27)(H,24,28)/t18-,19+/m1/s1. The van der Waals surface area contributed by atoms with Crippen LogP contribution in [0.2, 0.25) is 0 Å². The Morgan fingerprint density at radius 3 is 2.07 bits per heavy atom. The Hall–Kier alpha value is -2.99. The zero-order valence-electron chi connectivity index (χ0n) is 16.1. The fourth-order valence-corrected chi connectivity index (χ4v) is 2.83. The van der Waals surface area contributed by atoms with E-state index in [0.29, 0.717) is 17.5 Å². The van der Waals surface area contributed by atoms with Crippen molar-refractivity contribution in [1.82, 2.24) is 5.32 Å². The van der Waals surface area contributed by atoms with Gasteiger partial charge in [0.25, 0.3) is 0 Å². The lowest BCUT2D eigenvalue weighted by Gasteiger charge is -2.19. The van der Waals surface area contributed by atoms with E-state index in [2.05, 4.69) is 5.32 Å². The number of benzene rings is 2. The summed E-state index contributed by atoms with van der Waals surface area (Å²) in [6.45, 7) is 3.78. The number of hydrogen-bond donors (Lipinski definition) is 3. The first kappa shape index (κ1) is 21.3. The van der Waals surface area contributed by atoms with Gasteiger partial charge in [0.1, 0.15) is 12.1 Å². The number of aliphatic hydroxyl groups excluding tert-OH is 1. The Morgan fingerprint density at radius 1 is 0.964 bits per heavy atom. The van der Waals surface area contributed by atoms with Gasteiger partial charge in [-0.2, -0.15) is 0 Å². The molecule has 0 radical (unpaired) electrons. The fourth-order valence-electron chi connectivity index (χ4n) is 2.83. The number of nitrogens with one attached hydrogen (secondary N) is 1. The summed E-state index contributed by atoms with van der Waals surface area (Å²) in [5.41, 5.74) is 7.27. The number of rotatable bonds is 9. The average molecular weight is 382 g/mol. The van der Waals surface area contributed by atoms with Gasteiger partial charge in [0.15, 0.2) is 5.78 Å². The van der Waals surface area contributed by atoms with Gasteiger partial charge in [-0.15, -0.1) is 0 Å². The minimum absolute atomic E-state index is 0.0938. The number of nitrogens with two attached hydrogens (primary N) is 1. The SMILES string of the molecule is CC(C)C[C@H](O)C(=O)N[C@H](Cc1ccc(C(=O)c2ccccc2)cc1)C(N)=O. The molecule has 148 valence electrons. The molecule has 2 amide bonds. The highest BCUT2D eigenvalue weighted by Gasteiger charge is 2.23. The number of carbonyl (C=O) groups excluding carboxylic acids is 3. The first-order valence-corrected chi connectivity index (χ1v) is 9.24. The molecule has 6 heteroatoms. The Morgan fingerprint density at radius 2 is 1.54 bits per heavy atom. The van der Waals surface area contributed by atoms with Crippen LogP contribution in [0.15, 0.2) is 54.6 Å². The highest BCUT2D eigenvalue weighted by molar-refractivity contribution is 6.08. The van der Waals surface area contributed by atoms with Crippen molar-refractivity contribution < 1.29 is 19.5 Å². The van der Waals surface area contributed by atoms with Crippen molar-refractivity contribution in [3.8, 4) is 0 Å². The van der Waals surface area contributed by atoms with Crippen LogP contribution in [0.3, 0.4) is 0 Å². The van der Waals surface area contributed by atoms with E-state index in [0.717, 1.165) is 5.56 Å². The van der Waals surface area contributed by atoms with Gasteiger partial charge in [-0.3, -0.25) is 14.4 Å². The van der Waals surface area contributed by atoms with Crippen molar-refractivity contribution in [2.75, 3.05) is 0 Å². The molecule has 2 aromatic carbocycles. The molecule has 0 spiro atoms. The molecule has 0 heterocycles. The van der Waals surface area contributed by atoms with Crippen LogP contribution < -0.4 is 11.1 Å². The van der Waals surface area contributed by atoms with Crippen LogP contribution >= 0.6 is 0 Å². The normalized spacial score (nSPS) is 13.0. The first-order valence-electron chi connectivity index (χ1n) is 9.24. The van der Waals surface area contributed by atoms with E-state index < -0.39 is 24.0 Å². The Balaban J connectivity index is 2.04. The van der Waals surface area contributed by atoms with Crippen LogP contribution in [0.5, 0.6) is 0 Å². The summed E-state index contributed by atoms with van der Waals surface area (Å²) < 4.78 is 0. The highest BCUT2D eigenvalue weighted by atomic mass is 16.3. The third kappa shape index (κ3) is 6.03. The molecule has 28 heavy (non-hydrogen) atoms. The zero-order valence-corrected chi connectivity index (χ0v) is 16.1. The summed E-state index contributed by atoms with van der Waals surface area (Å²) in [5.74, 6) is -1.26. The van der Waals surface area contributed by atoms with Gasteiger partial charge in [0, 0.05) is 17.5 Å². The third-order valence-corrected chi connectivity index (χ3v) is 4.35. The van der Waals surface area contributed by atoms with Crippen molar-refractivity contribution >= 4 is 17.6 Å². The van der Waals surface area contributed by atoms with Crippen LogP contribution in [0, 0.1) is 5.92 Å². The molecule has 2 aromatic rings. The zero-order chi connectivity index (χ0) is 20.7. The lowest BCUT2D eigenvalue weighted by molar-refractivity contribution is -0.133. The quantitative estimate of drug-likeness (QED) is 0.575. The average Bonchev–Trinajstić information content (AvgIpc) is 2.67. The second-order valence-electron chi connectivity index (χ2n) is 7.21. The largest absolute Gasteiger partial charge is 0.383 e. The minimum Gasteiger partial charge on any atom is -0.383 e. The molecule has 0 aromatic heterocycles. The molecule has 2 rings (SSSR count). The van der Waals surface area contributed by atoms with Crippen molar-refractivity contribution in [3.63, 3.8) is 0 Å². The molecule has 6 nitrogen and oxygen atoms in total. The number of primary amides is 1. The molecule has 0 saturated heterocycles. The predicted octanol–water partition coefficient (Wildman–Crippen LogP) is 1.84. The summed E-state index contributed by atoms with van der Waals surface area (Å²) in [6.07, 6.45) is -0.712. The van der Waals surface area contributed by atoms with Crippen LogP contribution in [-0.4, -0.2) is 34.8 Å². The van der Waals surface area contributed by atoms with E-state index in [1.54, 1.807) is 48.5 Å². The number of hydrogen-bond acceptors (Lipinski definition) is 4. The number of ketones is 1. The maximum atomic E-state index is 12.4. The van der Waals surface area contributed by atoms with E-state index in [9.17, 15) is 19.5 Å². The van der Waals surface area contributed by atoms with Crippen LogP contribution in [0.25, 0.3) is 0 Å². The number of amides is 2. The molecule has 0 aliphatic heterocycles. The highest BCUT2D eigenvalue weighted by Crippen LogP contribution is 2.13. The van der Waals surface area contributed by atoms with Crippen molar-refractivity contribution in [2.45, 2.75) is 38.8 Å². The number of aliphatic hydroxyl groups is 1. The molecular weight excluding hydrogens is 356 g/mol. The summed E-state index contributed by atoms with van der Waals surface area (Å²) in [6, 6.07) is 14.8. The molecule has 4 N–H and O–H groups in total. The van der Waals surface area contributed by atoms with Gasteiger partial charge in [-0.1, -0.05) is 68.4 Å². The van der Waals surface area contributed by atoms with Gasteiger partial charge in [-0.05, 0) is 17.9 Å². The molecule has 2 atom stereocenters. The Labute approximate surface area is 164 Å². The topological polar surface area (TPSA) is 109 Å². The lowest BCUT2D eigenvalue weighted by Crippen LogP contribution is -2.49. The van der Waals surface area contributed by atoms with Crippen LogP contribution in [-0.2, 0) is 16.0 Å². The molecule has 0 aliphatic carbocycles. The Bertz CT molecular complexity index is 816. The summed E-state index contributed by atoms with van der Waals surface area (Å²) in [4.78, 5) is 36.2. The van der Waals surface area contributed by atoms with Gasteiger partial charge in [0.05, 0.1) is 0 Å². The second kappa shape index (κ2) is 9.80. The smallest absolute Gasteiger partial charge is 0.249 e. The molecule has 0 aliphatic rings. The maximum absolute atomic E-state index is 12.4. The van der Waals surface area contributed by atoms with E-state index in [1.165, 1.54) is 0 Å². The summed E-state index contributed by atoms with van der Waals surface area (Å²) >= 11 is 0. The first-order chi connectivity index (χ1) is 13.3. The van der Waals surface area contributed by atoms with Gasteiger partial charge < -0.3 is 16.2 Å². The van der Waals surface area contributed by atoms with Gasteiger partial charge in [0.2, 0.25) is 11.8 Å². The van der Waals surface area contributed by atoms with Crippen LogP contribution in [0.1, 0.15) is 41.8 Å². The van der Waals surface area contributed by atoms with Gasteiger partial charge >= 0.3 is 0 Å². The summed E-state index contributed by atoms with van der Waals surface area (Å²) in [5, 5.41) is 12.4. The Kier molecular flexibility index (Phi) is 7.46. The van der Waals surface area contributed by atoms with E-state index in [4.69, 9.17) is 5.73 Å². The van der Waals surface area contributed by atoms with Gasteiger partial charge in [-0.25, -0.2) is 0 Å². The molecule has 0 saturated carbocycles. The van der Waals surface area contributed by atoms with Crippen molar-refractivity contribution in [2.24, 2.45) is 11.7 Å². The fraction of sp³-hybridized carbons (Fsp3) is 0.318. The van der Waals surface area contributed by atoms with Crippen molar-refractivity contribution in [1.29, 1.82) is 0 Å². The third-order valence-electron chi connectivity index (χ3n) is 4.35. The molecule has 0 fully saturated rings. The molecule has 0 bridgehead atoms. The van der Waals surface area contributed by atoms with Crippen LogP contribution in [0.4, 0.5) is 0 Å². The van der Waals surface area contributed by atoms with Crippen molar-refractivity contribution in [3.05, 3.63) is 71.3 Å². The second-order valence-corrected chi connectivity index (χ2v) is 7.21. The summed E-state index contributed by atoms with van der Waals surface area (Å²) in [7, 11) is 0. The molecule has 0 unspecified atom stereocenters. The van der Waals surface area contributed by atoms with E-state index >= 15 is 0 Å². The van der Waals surface area contributed by atoms with E-state index in [-0.39, 0.29) is 18.1 Å². The molecular formula is C22H26N2O4. The number of carbonyl (C=O) groups is 3. The monoisotopic (exact) mass is 382 g/mol. The maximum Gasteiger partial charge on any atom is 0.249 e. The predicted molar refractivity (Wildman–Crippen MR) is 107 cm³/mol. The lowest BCUT2D eigenvalue weighted by atomic mass is 9.99.